The van der Waals surface area contributed by atoms with Gasteiger partial charge in [-0.05, 0) is 37.1 Å². The number of ether oxygens (including phenoxy) is 1. The Hall–Kier alpha value is -2.71. The second-order valence-electron chi connectivity index (χ2n) is 6.25. The van der Waals surface area contributed by atoms with Crippen molar-refractivity contribution < 1.29 is 22.7 Å². The number of primary sulfonamides is 1. The Kier molecular flexibility index (Phi) is 6.35. The molecule has 1 amide bonds. The van der Waals surface area contributed by atoms with E-state index in [0.29, 0.717) is 12.1 Å². The summed E-state index contributed by atoms with van der Waals surface area (Å²) >= 11 is 0. The summed E-state index contributed by atoms with van der Waals surface area (Å²) in [6.45, 7) is 3.41. The zero-order chi connectivity index (χ0) is 20.2. The average molecular weight is 390 g/mol. The van der Waals surface area contributed by atoms with Crippen LogP contribution < -0.4 is 5.14 Å². The van der Waals surface area contributed by atoms with Gasteiger partial charge in [-0.15, -0.1) is 0 Å². The number of sulfonamides is 1. The van der Waals surface area contributed by atoms with E-state index in [2.05, 4.69) is 0 Å². The van der Waals surface area contributed by atoms with Crippen molar-refractivity contribution >= 4 is 21.9 Å². The number of nitrogens with two attached hydrogens (primary N) is 1. The highest BCUT2D eigenvalue weighted by atomic mass is 32.2. The molecule has 0 radical (unpaired) electrons. The molecule has 2 N–H and O–H groups in total. The highest BCUT2D eigenvalue weighted by Gasteiger charge is 2.23. The van der Waals surface area contributed by atoms with E-state index in [1.807, 2.05) is 30.3 Å². The first-order valence-electron chi connectivity index (χ1n) is 8.23. The molecule has 8 heteroatoms. The van der Waals surface area contributed by atoms with E-state index < -0.39 is 22.1 Å². The minimum Gasteiger partial charge on any atom is -0.449 e. The van der Waals surface area contributed by atoms with E-state index >= 15 is 0 Å². The van der Waals surface area contributed by atoms with Gasteiger partial charge in [0.05, 0.1) is 10.5 Å². The molecule has 2 rings (SSSR count). The fourth-order valence-electron chi connectivity index (χ4n) is 2.56. The second-order valence-corrected chi connectivity index (χ2v) is 7.78. The SMILES string of the molecule is Cc1ccc(C(=O)OC(C)C(=O)N(C)Cc2ccccc2)cc1S(N)(=O)=O. The van der Waals surface area contributed by atoms with Gasteiger partial charge in [0, 0.05) is 13.6 Å². The summed E-state index contributed by atoms with van der Waals surface area (Å²) < 4.78 is 28.4. The van der Waals surface area contributed by atoms with Gasteiger partial charge in [-0.25, -0.2) is 18.4 Å². The topological polar surface area (TPSA) is 107 Å². The first-order chi connectivity index (χ1) is 12.6. The van der Waals surface area contributed by atoms with Crippen LogP contribution in [-0.2, 0) is 26.1 Å². The summed E-state index contributed by atoms with van der Waals surface area (Å²) in [5.74, 6) is -1.17. The molecule has 7 nitrogen and oxygen atoms in total. The number of amides is 1. The zero-order valence-corrected chi connectivity index (χ0v) is 16.2. The molecule has 0 saturated heterocycles. The number of hydrogen-bond acceptors (Lipinski definition) is 5. The van der Waals surface area contributed by atoms with E-state index in [0.717, 1.165) is 11.6 Å². The number of carbonyl (C=O) groups is 2. The minimum absolute atomic E-state index is 0.00925. The summed E-state index contributed by atoms with van der Waals surface area (Å²) in [5.41, 5.74) is 1.37. The van der Waals surface area contributed by atoms with Crippen LogP contribution in [-0.4, -0.2) is 38.3 Å². The van der Waals surface area contributed by atoms with Gasteiger partial charge >= 0.3 is 5.97 Å². The Morgan fingerprint density at radius 1 is 1.15 bits per heavy atom. The Balaban J connectivity index is 2.07. The molecule has 2 aromatic rings. The van der Waals surface area contributed by atoms with Gasteiger partial charge in [0.1, 0.15) is 0 Å². The van der Waals surface area contributed by atoms with Crippen molar-refractivity contribution in [1.82, 2.24) is 4.90 Å². The van der Waals surface area contributed by atoms with Crippen molar-refractivity contribution in [1.29, 1.82) is 0 Å². The monoisotopic (exact) mass is 390 g/mol. The lowest BCUT2D eigenvalue weighted by molar-refractivity contribution is -0.139. The van der Waals surface area contributed by atoms with E-state index in [1.54, 1.807) is 14.0 Å². The highest BCUT2D eigenvalue weighted by molar-refractivity contribution is 7.89. The molecule has 0 bridgehead atoms. The highest BCUT2D eigenvalue weighted by Crippen LogP contribution is 2.17. The molecular formula is C19H22N2O5S. The van der Waals surface area contributed by atoms with Crippen molar-refractivity contribution in [3.8, 4) is 0 Å². The van der Waals surface area contributed by atoms with Crippen LogP contribution in [0.25, 0.3) is 0 Å². The van der Waals surface area contributed by atoms with Crippen LogP contribution in [0.15, 0.2) is 53.4 Å². The molecule has 1 unspecified atom stereocenters. The Labute approximate surface area is 158 Å². The van der Waals surface area contributed by atoms with Gasteiger partial charge in [-0.2, -0.15) is 0 Å². The number of nitrogens with zero attached hydrogens (tertiary/aromatic N) is 1. The standard InChI is InChI=1S/C19H22N2O5S/c1-13-9-10-16(11-17(13)27(20,24)25)19(23)26-14(2)18(22)21(3)12-15-7-5-4-6-8-15/h4-11,14H,12H2,1-3H3,(H2,20,24,25). The number of likely N-dealkylation sites (N-methyl/N-ethyl adjacent to an activating group) is 1. The quantitative estimate of drug-likeness (QED) is 0.758. The van der Waals surface area contributed by atoms with Gasteiger partial charge < -0.3 is 9.64 Å². The van der Waals surface area contributed by atoms with E-state index in [1.165, 1.54) is 24.0 Å². The molecule has 0 aliphatic rings. The summed E-state index contributed by atoms with van der Waals surface area (Å²) in [7, 11) is -2.35. The van der Waals surface area contributed by atoms with Crippen LogP contribution in [0.1, 0.15) is 28.4 Å². The molecule has 0 aliphatic heterocycles. The first-order valence-corrected chi connectivity index (χ1v) is 9.77. The van der Waals surface area contributed by atoms with Crippen molar-refractivity contribution in [2.45, 2.75) is 31.4 Å². The lowest BCUT2D eigenvalue weighted by Gasteiger charge is -2.21. The molecule has 1 atom stereocenters. The molecule has 2 aromatic carbocycles. The third kappa shape index (κ3) is 5.38. The Morgan fingerprint density at radius 2 is 1.78 bits per heavy atom. The maximum atomic E-state index is 12.4. The van der Waals surface area contributed by atoms with Gasteiger partial charge in [-0.1, -0.05) is 36.4 Å². The van der Waals surface area contributed by atoms with Crippen LogP contribution >= 0.6 is 0 Å². The molecule has 0 spiro atoms. The van der Waals surface area contributed by atoms with Crippen LogP contribution in [0.2, 0.25) is 0 Å². The van der Waals surface area contributed by atoms with Gasteiger partial charge in [-0.3, -0.25) is 4.79 Å². The molecule has 0 saturated carbocycles. The average Bonchev–Trinajstić information content (AvgIpc) is 2.61. The molecule has 0 heterocycles. The third-order valence-electron chi connectivity index (χ3n) is 4.00. The summed E-state index contributed by atoms with van der Waals surface area (Å²) in [6, 6.07) is 13.4. The van der Waals surface area contributed by atoms with Crippen LogP contribution in [0.3, 0.4) is 0 Å². The molecule has 0 fully saturated rings. The second kappa shape index (κ2) is 8.32. The van der Waals surface area contributed by atoms with Crippen molar-refractivity contribution in [2.75, 3.05) is 7.05 Å². The predicted molar refractivity (Wildman–Crippen MR) is 100 cm³/mol. The van der Waals surface area contributed by atoms with E-state index in [9.17, 15) is 18.0 Å². The maximum Gasteiger partial charge on any atom is 0.338 e. The largest absolute Gasteiger partial charge is 0.449 e. The van der Waals surface area contributed by atoms with Gasteiger partial charge in [0.15, 0.2) is 6.10 Å². The number of esters is 1. The van der Waals surface area contributed by atoms with E-state index in [4.69, 9.17) is 9.88 Å². The normalized spacial score (nSPS) is 12.3. The fraction of sp³-hybridized carbons (Fsp3) is 0.263. The predicted octanol–water partition coefficient (Wildman–Crippen LogP) is 1.85. The number of rotatable bonds is 6. The minimum atomic E-state index is -3.97. The smallest absolute Gasteiger partial charge is 0.338 e. The van der Waals surface area contributed by atoms with E-state index in [-0.39, 0.29) is 16.4 Å². The number of hydrogen-bond donors (Lipinski definition) is 1. The summed E-state index contributed by atoms with van der Waals surface area (Å²) in [5, 5.41) is 5.15. The molecular weight excluding hydrogens is 368 g/mol. The van der Waals surface area contributed by atoms with Crippen molar-refractivity contribution in [3.63, 3.8) is 0 Å². The zero-order valence-electron chi connectivity index (χ0n) is 15.4. The summed E-state index contributed by atoms with van der Waals surface area (Å²) in [6.07, 6.45) is -1.02. The van der Waals surface area contributed by atoms with Crippen LogP contribution in [0, 0.1) is 6.92 Å². The fourth-order valence-corrected chi connectivity index (χ4v) is 3.37. The van der Waals surface area contributed by atoms with Crippen molar-refractivity contribution in [3.05, 3.63) is 65.2 Å². The number of benzene rings is 2. The van der Waals surface area contributed by atoms with Gasteiger partial charge in [0.25, 0.3) is 5.91 Å². The molecule has 27 heavy (non-hydrogen) atoms. The molecule has 144 valence electrons. The number of aryl methyl sites for hydroxylation is 1. The van der Waals surface area contributed by atoms with Gasteiger partial charge in [0.2, 0.25) is 10.0 Å². The number of carbonyl (C=O) groups excluding carboxylic acids is 2. The Bertz CT molecular complexity index is 942. The summed E-state index contributed by atoms with van der Waals surface area (Å²) in [4.78, 5) is 26.0. The lowest BCUT2D eigenvalue weighted by atomic mass is 10.1. The van der Waals surface area contributed by atoms with Crippen molar-refractivity contribution in [2.24, 2.45) is 5.14 Å². The first kappa shape index (κ1) is 20.6. The molecule has 0 aromatic heterocycles. The van der Waals surface area contributed by atoms with Crippen LogP contribution in [0.5, 0.6) is 0 Å². The maximum absolute atomic E-state index is 12.4. The lowest BCUT2D eigenvalue weighted by Crippen LogP contribution is -2.37. The van der Waals surface area contributed by atoms with Crippen LogP contribution in [0.4, 0.5) is 0 Å². The third-order valence-corrected chi connectivity index (χ3v) is 5.05. The Morgan fingerprint density at radius 3 is 2.37 bits per heavy atom. The molecule has 0 aliphatic carbocycles.